The lowest BCUT2D eigenvalue weighted by Gasteiger charge is -2.04. The second-order valence-corrected chi connectivity index (χ2v) is 5.49. The van der Waals surface area contributed by atoms with Gasteiger partial charge >= 0.3 is 0 Å². The van der Waals surface area contributed by atoms with Crippen molar-refractivity contribution < 1.29 is 13.9 Å². The molecule has 5 nitrogen and oxygen atoms in total. The number of benzene rings is 1. The van der Waals surface area contributed by atoms with Gasteiger partial charge in [0.25, 0.3) is 5.22 Å². The molecule has 0 fully saturated rings. The normalized spacial score (nSPS) is 10.8. The lowest BCUT2D eigenvalue weighted by atomic mass is 10.2. The zero-order valence-electron chi connectivity index (χ0n) is 11.4. The van der Waals surface area contributed by atoms with E-state index < -0.39 is 0 Å². The number of thioether (sulfide) groups is 1. The zero-order valence-corrected chi connectivity index (χ0v) is 12.2. The Kier molecular flexibility index (Phi) is 5.17. The van der Waals surface area contributed by atoms with Crippen LogP contribution in [0.15, 0.2) is 33.9 Å². The molecule has 0 aliphatic rings. The van der Waals surface area contributed by atoms with Crippen molar-refractivity contribution in [1.82, 2.24) is 10.2 Å². The Balaban J connectivity index is 1.73. The molecule has 0 radical (unpaired) electrons. The molecule has 0 atom stereocenters. The van der Waals surface area contributed by atoms with E-state index in [4.69, 9.17) is 9.15 Å². The Labute approximate surface area is 121 Å². The highest BCUT2D eigenvalue weighted by atomic mass is 32.2. The van der Waals surface area contributed by atoms with Crippen molar-refractivity contribution in [3.63, 3.8) is 0 Å². The summed E-state index contributed by atoms with van der Waals surface area (Å²) in [5.41, 5.74) is 0.638. The molecule has 0 saturated heterocycles. The molecule has 1 aromatic heterocycles. The molecule has 0 bridgehead atoms. The molecule has 0 spiro atoms. The van der Waals surface area contributed by atoms with Gasteiger partial charge in [0.05, 0.1) is 6.61 Å². The zero-order chi connectivity index (χ0) is 14.4. The highest BCUT2D eigenvalue weighted by Crippen LogP contribution is 2.20. The number of rotatable bonds is 7. The first-order chi connectivity index (χ1) is 9.69. The van der Waals surface area contributed by atoms with E-state index in [0.29, 0.717) is 23.3 Å². The molecule has 2 aromatic rings. The number of hydrogen-bond acceptors (Lipinski definition) is 6. The summed E-state index contributed by atoms with van der Waals surface area (Å²) in [6.07, 6.45) is 0.807. The van der Waals surface area contributed by atoms with Crippen LogP contribution in [-0.4, -0.2) is 28.8 Å². The van der Waals surface area contributed by atoms with Crippen molar-refractivity contribution in [1.29, 1.82) is 0 Å². The van der Waals surface area contributed by atoms with Crippen molar-refractivity contribution in [2.75, 3.05) is 12.4 Å². The van der Waals surface area contributed by atoms with Crippen LogP contribution in [-0.2, 0) is 0 Å². The quantitative estimate of drug-likeness (QED) is 0.443. The van der Waals surface area contributed by atoms with Gasteiger partial charge in [-0.2, -0.15) is 0 Å². The number of ether oxygens (including phenoxy) is 1. The predicted molar refractivity (Wildman–Crippen MR) is 76.4 cm³/mol. The smallest absolute Gasteiger partial charge is 0.276 e. The molecule has 20 heavy (non-hydrogen) atoms. The van der Waals surface area contributed by atoms with Crippen LogP contribution in [0.2, 0.25) is 0 Å². The Morgan fingerprint density at radius 1 is 1.30 bits per heavy atom. The number of aromatic nitrogens is 2. The van der Waals surface area contributed by atoms with Crippen molar-refractivity contribution >= 4 is 18.0 Å². The van der Waals surface area contributed by atoms with Crippen molar-refractivity contribution in [3.8, 4) is 5.75 Å². The summed E-state index contributed by atoms with van der Waals surface area (Å²) in [4.78, 5) is 10.5. The van der Waals surface area contributed by atoms with Crippen molar-refractivity contribution in [2.45, 2.75) is 25.0 Å². The third kappa shape index (κ3) is 4.09. The van der Waals surface area contributed by atoms with E-state index in [9.17, 15) is 4.79 Å². The van der Waals surface area contributed by atoms with Crippen LogP contribution in [0.1, 0.15) is 36.0 Å². The minimum Gasteiger partial charge on any atom is -0.493 e. The summed E-state index contributed by atoms with van der Waals surface area (Å²) in [6.45, 7) is 4.55. The molecule has 0 unspecified atom stereocenters. The fourth-order valence-corrected chi connectivity index (χ4v) is 2.03. The Morgan fingerprint density at radius 3 is 2.65 bits per heavy atom. The number of nitrogens with zero attached hydrogens (tertiary/aromatic N) is 2. The lowest BCUT2D eigenvalue weighted by Crippen LogP contribution is -2.00. The Morgan fingerprint density at radius 2 is 2.05 bits per heavy atom. The topological polar surface area (TPSA) is 65.2 Å². The molecular formula is C14H16N2O3S. The fourth-order valence-electron chi connectivity index (χ4n) is 1.44. The SMILES string of the molecule is CC(C)c1nnc(SCCOc2ccc(C=O)cc2)o1. The van der Waals surface area contributed by atoms with E-state index in [-0.39, 0.29) is 5.92 Å². The van der Waals surface area contributed by atoms with Crippen LogP contribution in [0.4, 0.5) is 0 Å². The lowest BCUT2D eigenvalue weighted by molar-refractivity contribution is 0.112. The van der Waals surface area contributed by atoms with Gasteiger partial charge in [0.1, 0.15) is 12.0 Å². The maximum Gasteiger partial charge on any atom is 0.276 e. The minimum absolute atomic E-state index is 0.240. The maximum absolute atomic E-state index is 10.5. The third-order valence-electron chi connectivity index (χ3n) is 2.51. The minimum atomic E-state index is 0.240. The summed E-state index contributed by atoms with van der Waals surface area (Å²) in [7, 11) is 0. The Bertz CT molecular complexity index is 552. The van der Waals surface area contributed by atoms with Gasteiger partial charge in [-0.05, 0) is 24.3 Å². The summed E-state index contributed by atoms with van der Waals surface area (Å²) in [5.74, 6) is 2.35. The van der Waals surface area contributed by atoms with Gasteiger partial charge in [-0.25, -0.2) is 0 Å². The maximum atomic E-state index is 10.5. The highest BCUT2D eigenvalue weighted by molar-refractivity contribution is 7.99. The van der Waals surface area contributed by atoms with Gasteiger partial charge < -0.3 is 9.15 Å². The molecule has 2 rings (SSSR count). The summed E-state index contributed by atoms with van der Waals surface area (Å²) in [5, 5.41) is 8.48. The first-order valence-electron chi connectivity index (χ1n) is 6.33. The fraction of sp³-hybridized carbons (Fsp3) is 0.357. The van der Waals surface area contributed by atoms with E-state index in [1.54, 1.807) is 24.3 Å². The van der Waals surface area contributed by atoms with E-state index in [2.05, 4.69) is 10.2 Å². The van der Waals surface area contributed by atoms with Crippen LogP contribution in [0, 0.1) is 0 Å². The molecule has 0 amide bonds. The van der Waals surface area contributed by atoms with E-state index in [1.165, 1.54) is 11.8 Å². The molecule has 0 aliphatic heterocycles. The molecule has 1 heterocycles. The summed E-state index contributed by atoms with van der Waals surface area (Å²) >= 11 is 1.46. The van der Waals surface area contributed by atoms with Gasteiger partial charge in [0.2, 0.25) is 5.89 Å². The van der Waals surface area contributed by atoms with Crippen molar-refractivity contribution in [3.05, 3.63) is 35.7 Å². The monoisotopic (exact) mass is 292 g/mol. The van der Waals surface area contributed by atoms with Gasteiger partial charge in [0.15, 0.2) is 0 Å². The van der Waals surface area contributed by atoms with Crippen LogP contribution in [0.3, 0.4) is 0 Å². The largest absolute Gasteiger partial charge is 0.493 e. The molecule has 1 aromatic carbocycles. The average Bonchev–Trinajstić information content (AvgIpc) is 2.93. The molecule has 6 heteroatoms. The first kappa shape index (κ1) is 14.6. The van der Waals surface area contributed by atoms with Crippen LogP contribution in [0.5, 0.6) is 5.75 Å². The predicted octanol–water partition coefficient (Wildman–Crippen LogP) is 3.18. The number of hydrogen-bond donors (Lipinski definition) is 0. The number of carbonyl (C=O) groups is 1. The van der Waals surface area contributed by atoms with Crippen LogP contribution >= 0.6 is 11.8 Å². The number of aldehydes is 1. The molecule has 0 N–H and O–H groups in total. The van der Waals surface area contributed by atoms with E-state index in [1.807, 2.05) is 13.8 Å². The van der Waals surface area contributed by atoms with E-state index in [0.717, 1.165) is 17.8 Å². The second kappa shape index (κ2) is 7.09. The average molecular weight is 292 g/mol. The Hall–Kier alpha value is -1.82. The number of carbonyl (C=O) groups excluding carboxylic acids is 1. The molecular weight excluding hydrogens is 276 g/mol. The van der Waals surface area contributed by atoms with Crippen LogP contribution in [0.25, 0.3) is 0 Å². The molecule has 106 valence electrons. The molecule has 0 saturated carbocycles. The van der Waals surface area contributed by atoms with Crippen molar-refractivity contribution in [2.24, 2.45) is 0 Å². The summed E-state index contributed by atoms with van der Waals surface area (Å²) in [6, 6.07) is 7.00. The van der Waals surface area contributed by atoms with E-state index >= 15 is 0 Å². The third-order valence-corrected chi connectivity index (χ3v) is 3.29. The van der Waals surface area contributed by atoms with Gasteiger partial charge in [-0.3, -0.25) is 4.79 Å². The van der Waals surface area contributed by atoms with Gasteiger partial charge in [0, 0.05) is 17.2 Å². The summed E-state index contributed by atoms with van der Waals surface area (Å²) < 4.78 is 11.0. The highest BCUT2D eigenvalue weighted by Gasteiger charge is 2.09. The van der Waals surface area contributed by atoms with Crippen LogP contribution < -0.4 is 4.74 Å². The molecule has 0 aliphatic carbocycles. The first-order valence-corrected chi connectivity index (χ1v) is 7.32. The standard InChI is InChI=1S/C14H16N2O3S/c1-10(2)13-15-16-14(19-13)20-8-7-18-12-5-3-11(9-17)4-6-12/h3-6,9-10H,7-8H2,1-2H3. The second-order valence-electron chi connectivity index (χ2n) is 4.44. The van der Waals surface area contributed by atoms with Gasteiger partial charge in [-0.15, -0.1) is 10.2 Å². The van der Waals surface area contributed by atoms with Gasteiger partial charge in [-0.1, -0.05) is 25.6 Å².